The molecule has 5 nitrogen and oxygen atoms in total. The molecule has 1 N–H and O–H groups in total. The van der Waals surface area contributed by atoms with Crippen LogP contribution < -0.4 is 14.9 Å². The molecule has 0 fully saturated rings. The molecule has 2 aromatic carbocycles. The third-order valence-corrected chi connectivity index (χ3v) is 3.04. The number of nitrogens with zero attached hydrogens (tertiary/aromatic N) is 1. The second-order valence-electron chi connectivity index (χ2n) is 4.68. The van der Waals surface area contributed by atoms with Gasteiger partial charge < -0.3 is 9.47 Å². The number of hydrogen-bond donors (Lipinski definition) is 1. The summed E-state index contributed by atoms with van der Waals surface area (Å²) in [4.78, 5) is 11.8. The van der Waals surface area contributed by atoms with Crippen molar-refractivity contribution in [3.63, 3.8) is 0 Å². The molecule has 1 amide bonds. The van der Waals surface area contributed by atoms with E-state index in [1.54, 1.807) is 37.3 Å². The van der Waals surface area contributed by atoms with Gasteiger partial charge in [0.15, 0.2) is 18.1 Å². The number of hydrogen-bond acceptors (Lipinski definition) is 4. The van der Waals surface area contributed by atoms with Gasteiger partial charge in [0.2, 0.25) is 0 Å². The molecule has 0 aliphatic heterocycles. The molecule has 0 aromatic heterocycles. The van der Waals surface area contributed by atoms with Crippen LogP contribution in [0.1, 0.15) is 12.5 Å². The number of methoxy groups -OCH3 is 1. The summed E-state index contributed by atoms with van der Waals surface area (Å²) in [5, 5.41) is 3.96. The van der Waals surface area contributed by atoms with E-state index in [4.69, 9.17) is 9.47 Å². The zero-order chi connectivity index (χ0) is 16.7. The number of hydrazone groups is 1. The van der Waals surface area contributed by atoms with E-state index in [0.29, 0.717) is 17.2 Å². The number of rotatable bonds is 6. The average Bonchev–Trinajstić information content (AvgIpc) is 2.58. The van der Waals surface area contributed by atoms with Crippen molar-refractivity contribution < 1.29 is 18.7 Å². The summed E-state index contributed by atoms with van der Waals surface area (Å²) in [5.41, 5.74) is 3.68. The number of nitrogens with one attached hydrogen (secondary N) is 1. The fourth-order valence-electron chi connectivity index (χ4n) is 1.82. The second-order valence-corrected chi connectivity index (χ2v) is 4.68. The molecular formula is C17H17FN2O3. The Morgan fingerprint density at radius 2 is 1.78 bits per heavy atom. The predicted octanol–water partition coefficient (Wildman–Crippen LogP) is 2.75. The first-order valence-corrected chi connectivity index (χ1v) is 6.95. The van der Waals surface area contributed by atoms with Crippen LogP contribution in [0.3, 0.4) is 0 Å². The van der Waals surface area contributed by atoms with Gasteiger partial charge in [-0.05, 0) is 36.8 Å². The lowest BCUT2D eigenvalue weighted by Gasteiger charge is -2.09. The summed E-state index contributed by atoms with van der Waals surface area (Å²) in [6.45, 7) is 1.52. The molecule has 0 atom stereocenters. The maximum absolute atomic E-state index is 12.9. The van der Waals surface area contributed by atoms with Crippen molar-refractivity contribution in [3.8, 4) is 11.5 Å². The first-order chi connectivity index (χ1) is 11.1. The van der Waals surface area contributed by atoms with Crippen LogP contribution in [0.4, 0.5) is 4.39 Å². The zero-order valence-corrected chi connectivity index (χ0v) is 12.9. The van der Waals surface area contributed by atoms with E-state index in [0.717, 1.165) is 5.56 Å². The smallest absolute Gasteiger partial charge is 0.277 e. The number of halogens is 1. The van der Waals surface area contributed by atoms with E-state index in [1.165, 1.54) is 19.2 Å². The number of amides is 1. The van der Waals surface area contributed by atoms with Crippen molar-refractivity contribution in [1.29, 1.82) is 0 Å². The number of carbonyl (C=O) groups excluding carboxylic acids is 1. The first-order valence-electron chi connectivity index (χ1n) is 6.95. The minimum absolute atomic E-state index is 0.194. The van der Waals surface area contributed by atoms with Gasteiger partial charge in [0.25, 0.3) is 5.91 Å². The van der Waals surface area contributed by atoms with E-state index in [9.17, 15) is 9.18 Å². The molecule has 2 rings (SSSR count). The molecular weight excluding hydrogens is 299 g/mol. The Labute approximate surface area is 133 Å². The highest BCUT2D eigenvalue weighted by Crippen LogP contribution is 2.25. The van der Waals surface area contributed by atoms with E-state index < -0.39 is 5.91 Å². The molecule has 120 valence electrons. The van der Waals surface area contributed by atoms with Gasteiger partial charge in [-0.1, -0.05) is 24.3 Å². The molecule has 23 heavy (non-hydrogen) atoms. The molecule has 0 saturated carbocycles. The number of para-hydroxylation sites is 2. The van der Waals surface area contributed by atoms with Gasteiger partial charge in [-0.2, -0.15) is 5.10 Å². The highest BCUT2D eigenvalue weighted by Gasteiger charge is 2.06. The Morgan fingerprint density at radius 1 is 1.13 bits per heavy atom. The number of benzene rings is 2. The van der Waals surface area contributed by atoms with Crippen LogP contribution in [0, 0.1) is 5.82 Å². The van der Waals surface area contributed by atoms with Gasteiger partial charge >= 0.3 is 0 Å². The van der Waals surface area contributed by atoms with E-state index in [1.807, 2.05) is 6.07 Å². The Bertz CT molecular complexity index is 699. The summed E-state index contributed by atoms with van der Waals surface area (Å²) in [6, 6.07) is 12.9. The standard InChI is InChI=1S/C17H17FN2O3/c1-12(13-7-9-14(18)10-8-13)19-20-17(21)11-23-16-6-4-3-5-15(16)22-2/h3-10H,11H2,1-2H3,(H,20,21)/b19-12-. The maximum Gasteiger partial charge on any atom is 0.277 e. The third kappa shape index (κ3) is 4.81. The Morgan fingerprint density at radius 3 is 2.43 bits per heavy atom. The lowest BCUT2D eigenvalue weighted by atomic mass is 10.1. The van der Waals surface area contributed by atoms with Gasteiger partial charge in [-0.3, -0.25) is 4.79 Å². The quantitative estimate of drug-likeness (QED) is 0.658. The van der Waals surface area contributed by atoms with Crippen LogP contribution >= 0.6 is 0 Å². The van der Waals surface area contributed by atoms with Crippen molar-refractivity contribution in [2.75, 3.05) is 13.7 Å². The van der Waals surface area contributed by atoms with E-state index in [2.05, 4.69) is 10.5 Å². The lowest BCUT2D eigenvalue weighted by Crippen LogP contribution is -2.25. The summed E-state index contributed by atoms with van der Waals surface area (Å²) in [6.07, 6.45) is 0. The second kappa shape index (κ2) is 7.93. The van der Waals surface area contributed by atoms with Crippen LogP contribution in [0.15, 0.2) is 53.6 Å². The Hall–Kier alpha value is -2.89. The van der Waals surface area contributed by atoms with Gasteiger partial charge in [0.05, 0.1) is 12.8 Å². The Balaban J connectivity index is 1.89. The van der Waals surface area contributed by atoms with Crippen molar-refractivity contribution in [2.24, 2.45) is 5.10 Å². The topological polar surface area (TPSA) is 59.9 Å². The van der Waals surface area contributed by atoms with E-state index >= 15 is 0 Å². The number of ether oxygens (including phenoxy) is 2. The summed E-state index contributed by atoms with van der Waals surface area (Å²) < 4.78 is 23.4. The molecule has 6 heteroatoms. The normalized spacial score (nSPS) is 11.0. The molecule has 0 spiro atoms. The zero-order valence-electron chi connectivity index (χ0n) is 12.9. The lowest BCUT2D eigenvalue weighted by molar-refractivity contribution is -0.123. The average molecular weight is 316 g/mol. The fourth-order valence-corrected chi connectivity index (χ4v) is 1.82. The van der Waals surface area contributed by atoms with E-state index in [-0.39, 0.29) is 12.4 Å². The van der Waals surface area contributed by atoms with Gasteiger partial charge in [-0.15, -0.1) is 0 Å². The summed E-state index contributed by atoms with van der Waals surface area (Å²) >= 11 is 0. The van der Waals surface area contributed by atoms with Gasteiger partial charge in [0, 0.05) is 0 Å². The highest BCUT2D eigenvalue weighted by molar-refractivity contribution is 5.99. The van der Waals surface area contributed by atoms with Crippen LogP contribution in [0.5, 0.6) is 11.5 Å². The maximum atomic E-state index is 12.9. The van der Waals surface area contributed by atoms with Gasteiger partial charge in [-0.25, -0.2) is 9.82 Å². The van der Waals surface area contributed by atoms with Crippen molar-refractivity contribution in [1.82, 2.24) is 5.43 Å². The van der Waals surface area contributed by atoms with Crippen molar-refractivity contribution in [2.45, 2.75) is 6.92 Å². The molecule has 0 aliphatic rings. The Kier molecular flexibility index (Phi) is 5.68. The largest absolute Gasteiger partial charge is 0.493 e. The molecule has 0 saturated heterocycles. The summed E-state index contributed by atoms with van der Waals surface area (Å²) in [7, 11) is 1.53. The van der Waals surface area contributed by atoms with Gasteiger partial charge in [0.1, 0.15) is 5.82 Å². The van der Waals surface area contributed by atoms with Crippen LogP contribution in [-0.4, -0.2) is 25.3 Å². The fraction of sp³-hybridized carbons (Fsp3) is 0.176. The predicted molar refractivity (Wildman–Crippen MR) is 85.2 cm³/mol. The van der Waals surface area contributed by atoms with Crippen LogP contribution in [0.25, 0.3) is 0 Å². The highest BCUT2D eigenvalue weighted by atomic mass is 19.1. The molecule has 0 aliphatic carbocycles. The monoisotopic (exact) mass is 316 g/mol. The minimum atomic E-state index is -0.405. The van der Waals surface area contributed by atoms with Crippen molar-refractivity contribution >= 4 is 11.6 Å². The summed E-state index contributed by atoms with van der Waals surface area (Å²) in [5.74, 6) is 0.295. The molecule has 2 aromatic rings. The SMILES string of the molecule is COc1ccccc1OCC(=O)N/N=C(/C)c1ccc(F)cc1. The first kappa shape index (κ1) is 16.5. The molecule has 0 bridgehead atoms. The molecule has 0 heterocycles. The van der Waals surface area contributed by atoms with Crippen LogP contribution in [0.2, 0.25) is 0 Å². The number of carbonyl (C=O) groups is 1. The van der Waals surface area contributed by atoms with Crippen molar-refractivity contribution in [3.05, 3.63) is 59.9 Å². The molecule has 0 radical (unpaired) electrons. The van der Waals surface area contributed by atoms with Crippen LogP contribution in [-0.2, 0) is 4.79 Å². The third-order valence-electron chi connectivity index (χ3n) is 3.04. The molecule has 0 unspecified atom stereocenters. The minimum Gasteiger partial charge on any atom is -0.493 e.